The van der Waals surface area contributed by atoms with Gasteiger partial charge in [0.25, 0.3) is 0 Å². The molecule has 0 bridgehead atoms. The minimum atomic E-state index is 0.438. The Labute approximate surface area is 92.4 Å². The van der Waals surface area contributed by atoms with Crippen LogP contribution in [0.1, 0.15) is 26.0 Å². The minimum Gasteiger partial charge on any atom is -0.381 e. The number of anilines is 1. The molecule has 2 heteroatoms. The standard InChI is InChI=1S/C13H20N2/c1-5-6-10(2)12(4)15-13-8-7-11(3)14-9-13/h5,7-10,12,15H,1,6H2,2-4H3. The lowest BCUT2D eigenvalue weighted by molar-refractivity contribution is 0.517. The van der Waals surface area contributed by atoms with Gasteiger partial charge >= 0.3 is 0 Å². The van der Waals surface area contributed by atoms with E-state index in [1.807, 2.05) is 25.3 Å². The van der Waals surface area contributed by atoms with Crippen molar-refractivity contribution < 1.29 is 0 Å². The summed E-state index contributed by atoms with van der Waals surface area (Å²) in [5.74, 6) is 0.587. The molecule has 0 saturated carbocycles. The number of hydrogen-bond acceptors (Lipinski definition) is 2. The molecule has 15 heavy (non-hydrogen) atoms. The SMILES string of the molecule is C=CCC(C)C(C)Nc1ccc(C)nc1. The fraction of sp³-hybridized carbons (Fsp3) is 0.462. The average molecular weight is 204 g/mol. The third-order valence-electron chi connectivity index (χ3n) is 2.70. The van der Waals surface area contributed by atoms with E-state index in [9.17, 15) is 0 Å². The summed E-state index contributed by atoms with van der Waals surface area (Å²) < 4.78 is 0. The number of pyridine rings is 1. The summed E-state index contributed by atoms with van der Waals surface area (Å²) in [5, 5.41) is 3.44. The number of aryl methyl sites for hydroxylation is 1. The Morgan fingerprint density at radius 1 is 1.47 bits per heavy atom. The van der Waals surface area contributed by atoms with Gasteiger partial charge in [-0.2, -0.15) is 0 Å². The van der Waals surface area contributed by atoms with Crippen LogP contribution in [0.2, 0.25) is 0 Å². The summed E-state index contributed by atoms with van der Waals surface area (Å²) in [5.41, 5.74) is 2.14. The van der Waals surface area contributed by atoms with Gasteiger partial charge in [-0.25, -0.2) is 0 Å². The topological polar surface area (TPSA) is 24.9 Å². The smallest absolute Gasteiger partial charge is 0.0529 e. The molecule has 0 spiro atoms. The van der Waals surface area contributed by atoms with Gasteiger partial charge in [0.05, 0.1) is 11.9 Å². The molecule has 0 aliphatic rings. The molecule has 0 aliphatic carbocycles. The number of rotatable bonds is 5. The number of nitrogens with one attached hydrogen (secondary N) is 1. The molecule has 2 unspecified atom stereocenters. The van der Waals surface area contributed by atoms with E-state index in [4.69, 9.17) is 0 Å². The molecule has 1 aromatic rings. The highest BCUT2D eigenvalue weighted by Gasteiger charge is 2.09. The van der Waals surface area contributed by atoms with Crippen molar-refractivity contribution in [2.24, 2.45) is 5.92 Å². The lowest BCUT2D eigenvalue weighted by Gasteiger charge is -2.21. The van der Waals surface area contributed by atoms with Crippen LogP contribution in [0, 0.1) is 12.8 Å². The first-order valence-electron chi connectivity index (χ1n) is 5.43. The van der Waals surface area contributed by atoms with E-state index in [2.05, 4.69) is 36.8 Å². The number of nitrogens with zero attached hydrogens (tertiary/aromatic N) is 1. The van der Waals surface area contributed by atoms with Gasteiger partial charge in [0.2, 0.25) is 0 Å². The Balaban J connectivity index is 2.53. The van der Waals surface area contributed by atoms with E-state index >= 15 is 0 Å². The monoisotopic (exact) mass is 204 g/mol. The zero-order valence-corrected chi connectivity index (χ0v) is 9.83. The average Bonchev–Trinajstić information content (AvgIpc) is 2.22. The predicted molar refractivity (Wildman–Crippen MR) is 66.0 cm³/mol. The van der Waals surface area contributed by atoms with Crippen molar-refractivity contribution in [2.75, 3.05) is 5.32 Å². The Morgan fingerprint density at radius 2 is 2.20 bits per heavy atom. The third kappa shape index (κ3) is 3.74. The molecule has 0 saturated heterocycles. The van der Waals surface area contributed by atoms with Crippen molar-refractivity contribution >= 4 is 5.69 Å². The van der Waals surface area contributed by atoms with E-state index < -0.39 is 0 Å². The van der Waals surface area contributed by atoms with Gasteiger partial charge in [-0.3, -0.25) is 4.98 Å². The van der Waals surface area contributed by atoms with Gasteiger partial charge in [-0.15, -0.1) is 6.58 Å². The molecular weight excluding hydrogens is 184 g/mol. The maximum Gasteiger partial charge on any atom is 0.0529 e. The van der Waals surface area contributed by atoms with Crippen LogP contribution in [0.3, 0.4) is 0 Å². The molecule has 1 heterocycles. The first-order chi connectivity index (χ1) is 7.13. The number of hydrogen-bond donors (Lipinski definition) is 1. The van der Waals surface area contributed by atoms with E-state index in [-0.39, 0.29) is 0 Å². The summed E-state index contributed by atoms with van der Waals surface area (Å²) in [7, 11) is 0. The lowest BCUT2D eigenvalue weighted by Crippen LogP contribution is -2.23. The quantitative estimate of drug-likeness (QED) is 0.743. The molecule has 0 aliphatic heterocycles. The molecule has 82 valence electrons. The summed E-state index contributed by atoms with van der Waals surface area (Å²) >= 11 is 0. The Hall–Kier alpha value is -1.31. The molecule has 1 rings (SSSR count). The van der Waals surface area contributed by atoms with Gasteiger partial charge in [0, 0.05) is 11.7 Å². The molecule has 2 atom stereocenters. The van der Waals surface area contributed by atoms with Crippen LogP contribution >= 0.6 is 0 Å². The second-order valence-corrected chi connectivity index (χ2v) is 4.12. The zero-order valence-electron chi connectivity index (χ0n) is 9.83. The summed E-state index contributed by atoms with van der Waals surface area (Å²) in [6, 6.07) is 4.53. The van der Waals surface area contributed by atoms with Crippen LogP contribution in [0.4, 0.5) is 5.69 Å². The maximum absolute atomic E-state index is 4.25. The van der Waals surface area contributed by atoms with Crippen molar-refractivity contribution in [3.05, 3.63) is 36.7 Å². The van der Waals surface area contributed by atoms with Gasteiger partial charge in [-0.05, 0) is 38.3 Å². The van der Waals surface area contributed by atoms with Crippen LogP contribution in [0.5, 0.6) is 0 Å². The van der Waals surface area contributed by atoms with Crippen LogP contribution in [0.15, 0.2) is 31.0 Å². The van der Waals surface area contributed by atoms with E-state index in [0.29, 0.717) is 12.0 Å². The molecule has 0 radical (unpaired) electrons. The second kappa shape index (κ2) is 5.54. The van der Waals surface area contributed by atoms with E-state index in [1.165, 1.54) is 0 Å². The first kappa shape index (κ1) is 11.8. The normalized spacial score (nSPS) is 14.3. The molecule has 0 fully saturated rings. The highest BCUT2D eigenvalue weighted by atomic mass is 14.9. The lowest BCUT2D eigenvalue weighted by atomic mass is 10.00. The maximum atomic E-state index is 4.25. The highest BCUT2D eigenvalue weighted by Crippen LogP contribution is 2.14. The third-order valence-corrected chi connectivity index (χ3v) is 2.70. The Bertz CT molecular complexity index is 303. The van der Waals surface area contributed by atoms with Crippen molar-refractivity contribution in [3.8, 4) is 0 Å². The minimum absolute atomic E-state index is 0.438. The molecular formula is C13H20N2. The largest absolute Gasteiger partial charge is 0.381 e. The Morgan fingerprint density at radius 3 is 2.73 bits per heavy atom. The van der Waals surface area contributed by atoms with E-state index in [0.717, 1.165) is 17.8 Å². The van der Waals surface area contributed by atoms with Crippen molar-refractivity contribution in [2.45, 2.75) is 33.2 Å². The van der Waals surface area contributed by atoms with Crippen molar-refractivity contribution in [3.63, 3.8) is 0 Å². The fourth-order valence-electron chi connectivity index (χ4n) is 1.43. The van der Waals surface area contributed by atoms with Crippen LogP contribution in [-0.2, 0) is 0 Å². The molecule has 1 aromatic heterocycles. The second-order valence-electron chi connectivity index (χ2n) is 4.12. The van der Waals surface area contributed by atoms with Crippen LogP contribution in [0.25, 0.3) is 0 Å². The molecule has 1 N–H and O–H groups in total. The van der Waals surface area contributed by atoms with Gasteiger partial charge in [-0.1, -0.05) is 13.0 Å². The van der Waals surface area contributed by atoms with Gasteiger partial charge in [0.15, 0.2) is 0 Å². The van der Waals surface area contributed by atoms with Crippen molar-refractivity contribution in [1.29, 1.82) is 0 Å². The Kier molecular flexibility index (Phi) is 4.35. The number of allylic oxidation sites excluding steroid dienone is 1. The van der Waals surface area contributed by atoms with Gasteiger partial charge < -0.3 is 5.32 Å². The summed E-state index contributed by atoms with van der Waals surface area (Å²) in [6.45, 7) is 10.2. The zero-order chi connectivity index (χ0) is 11.3. The first-order valence-corrected chi connectivity index (χ1v) is 5.43. The summed E-state index contributed by atoms with van der Waals surface area (Å²) in [6.07, 6.45) is 4.89. The van der Waals surface area contributed by atoms with Gasteiger partial charge in [0.1, 0.15) is 0 Å². The summed E-state index contributed by atoms with van der Waals surface area (Å²) in [4.78, 5) is 4.25. The fourth-order valence-corrected chi connectivity index (χ4v) is 1.43. The molecule has 2 nitrogen and oxygen atoms in total. The van der Waals surface area contributed by atoms with E-state index in [1.54, 1.807) is 0 Å². The number of aromatic nitrogens is 1. The predicted octanol–water partition coefficient (Wildman–Crippen LogP) is 3.40. The van der Waals surface area contributed by atoms with Crippen LogP contribution in [-0.4, -0.2) is 11.0 Å². The van der Waals surface area contributed by atoms with Crippen molar-refractivity contribution in [1.82, 2.24) is 4.98 Å². The highest BCUT2D eigenvalue weighted by molar-refractivity contribution is 5.41. The molecule has 0 amide bonds. The molecule has 0 aromatic carbocycles. The van der Waals surface area contributed by atoms with Crippen LogP contribution < -0.4 is 5.32 Å².